The third-order valence-corrected chi connectivity index (χ3v) is 1.75. The topological polar surface area (TPSA) is 113 Å². The Hall–Kier alpha value is -2.05. The molecule has 0 saturated carbocycles. The van der Waals surface area contributed by atoms with Gasteiger partial charge in [-0.25, -0.2) is 14.2 Å². The minimum Gasteiger partial charge on any atom is -0.393 e. The molecular weight excluding hydrogens is 188 g/mol. The quantitative estimate of drug-likeness (QED) is 0.573. The van der Waals surface area contributed by atoms with E-state index in [1.807, 2.05) is 0 Å². The van der Waals surface area contributed by atoms with Crippen LogP contribution in [0.3, 0.4) is 0 Å². The van der Waals surface area contributed by atoms with E-state index in [0.29, 0.717) is 4.57 Å². The number of aromatic nitrogens is 2. The molecule has 14 heavy (non-hydrogen) atoms. The van der Waals surface area contributed by atoms with Crippen molar-refractivity contribution in [3.8, 4) is 0 Å². The number of hydrogen-bond donors (Lipinski definition) is 2. The van der Waals surface area contributed by atoms with Gasteiger partial charge in [0.15, 0.2) is 0 Å². The Morgan fingerprint density at radius 1 is 1.50 bits per heavy atom. The molecule has 7 nitrogen and oxygen atoms in total. The monoisotopic (exact) mass is 198 g/mol. The third kappa shape index (κ3) is 1.39. The van der Waals surface area contributed by atoms with Crippen molar-refractivity contribution in [1.82, 2.24) is 9.13 Å². The molecule has 1 aromatic rings. The first-order chi connectivity index (χ1) is 6.49. The summed E-state index contributed by atoms with van der Waals surface area (Å²) in [6.45, 7) is 1.73. The summed E-state index contributed by atoms with van der Waals surface area (Å²) >= 11 is 0. The molecule has 7 heteroatoms. The van der Waals surface area contributed by atoms with E-state index in [0.717, 1.165) is 10.8 Å². The fraction of sp³-hybridized carbons (Fsp3) is 0.286. The summed E-state index contributed by atoms with van der Waals surface area (Å²) in [4.78, 5) is 33.4. The van der Waals surface area contributed by atoms with Crippen LogP contribution in [-0.2, 0) is 6.54 Å². The summed E-state index contributed by atoms with van der Waals surface area (Å²) in [6.07, 6.45) is 0.930. The fourth-order valence-electron chi connectivity index (χ4n) is 1.06. The Balaban J connectivity index is 3.68. The van der Waals surface area contributed by atoms with E-state index in [9.17, 15) is 14.4 Å². The molecule has 0 saturated heterocycles. The van der Waals surface area contributed by atoms with Crippen LogP contribution in [0.15, 0.2) is 15.8 Å². The summed E-state index contributed by atoms with van der Waals surface area (Å²) in [5.41, 5.74) is 8.63. The first-order valence-corrected chi connectivity index (χ1v) is 3.90. The van der Waals surface area contributed by atoms with Gasteiger partial charge in [0.25, 0.3) is 5.56 Å². The molecule has 0 spiro atoms. The van der Waals surface area contributed by atoms with Gasteiger partial charge in [0, 0.05) is 12.7 Å². The van der Waals surface area contributed by atoms with Gasteiger partial charge in [0.1, 0.15) is 5.69 Å². The lowest BCUT2D eigenvalue weighted by Crippen LogP contribution is -2.44. The molecule has 0 atom stereocenters. The SMILES string of the molecule is CCn1c(=O)c(N)cn(C(N)=O)c1=O. The van der Waals surface area contributed by atoms with Crippen molar-refractivity contribution in [3.63, 3.8) is 0 Å². The molecule has 0 aliphatic rings. The minimum absolute atomic E-state index is 0.135. The highest BCUT2D eigenvalue weighted by Crippen LogP contribution is 1.88. The third-order valence-electron chi connectivity index (χ3n) is 1.75. The van der Waals surface area contributed by atoms with Gasteiger partial charge < -0.3 is 11.5 Å². The highest BCUT2D eigenvalue weighted by molar-refractivity contribution is 5.74. The van der Waals surface area contributed by atoms with Crippen molar-refractivity contribution in [2.45, 2.75) is 13.5 Å². The molecule has 0 aliphatic heterocycles. The van der Waals surface area contributed by atoms with Crippen LogP contribution in [0.5, 0.6) is 0 Å². The molecule has 4 N–H and O–H groups in total. The Labute approximate surface area is 78.5 Å². The van der Waals surface area contributed by atoms with Gasteiger partial charge in [-0.05, 0) is 6.92 Å². The number of carbonyl (C=O) groups excluding carboxylic acids is 1. The van der Waals surface area contributed by atoms with Gasteiger partial charge in [-0.2, -0.15) is 0 Å². The van der Waals surface area contributed by atoms with Crippen molar-refractivity contribution < 1.29 is 4.79 Å². The number of anilines is 1. The Bertz CT molecular complexity index is 485. The highest BCUT2D eigenvalue weighted by Gasteiger charge is 2.10. The smallest absolute Gasteiger partial charge is 0.339 e. The molecule has 0 fully saturated rings. The Kier molecular flexibility index (Phi) is 2.41. The molecule has 0 radical (unpaired) electrons. The molecule has 0 aromatic carbocycles. The van der Waals surface area contributed by atoms with E-state index in [2.05, 4.69) is 0 Å². The van der Waals surface area contributed by atoms with Crippen LogP contribution in [0.4, 0.5) is 10.5 Å². The number of primary amides is 1. The molecule has 1 rings (SSSR count). The van der Waals surface area contributed by atoms with Gasteiger partial charge in [0.05, 0.1) is 0 Å². The molecule has 0 bridgehead atoms. The molecular formula is C7H10N4O3. The average Bonchev–Trinajstić information content (AvgIpc) is 2.12. The number of nitrogens with two attached hydrogens (primary N) is 2. The summed E-state index contributed by atoms with van der Waals surface area (Å²) in [6, 6.07) is -0.969. The maximum absolute atomic E-state index is 11.4. The van der Waals surface area contributed by atoms with Crippen LogP contribution in [-0.4, -0.2) is 15.2 Å². The van der Waals surface area contributed by atoms with Crippen LogP contribution >= 0.6 is 0 Å². The van der Waals surface area contributed by atoms with Crippen molar-refractivity contribution in [3.05, 3.63) is 27.0 Å². The summed E-state index contributed by atoms with van der Waals surface area (Å²) < 4.78 is 1.43. The fourth-order valence-corrected chi connectivity index (χ4v) is 1.06. The normalized spacial score (nSPS) is 10.1. The van der Waals surface area contributed by atoms with Crippen LogP contribution < -0.4 is 22.7 Å². The Morgan fingerprint density at radius 2 is 2.07 bits per heavy atom. The lowest BCUT2D eigenvalue weighted by molar-refractivity contribution is 0.248. The molecule has 1 aromatic heterocycles. The number of amides is 1. The van der Waals surface area contributed by atoms with E-state index >= 15 is 0 Å². The molecule has 1 heterocycles. The maximum Gasteiger partial charge on any atom is 0.339 e. The zero-order valence-electron chi connectivity index (χ0n) is 7.56. The first-order valence-electron chi connectivity index (χ1n) is 3.90. The van der Waals surface area contributed by atoms with Crippen molar-refractivity contribution in [2.75, 3.05) is 5.73 Å². The van der Waals surface area contributed by atoms with E-state index in [1.165, 1.54) is 0 Å². The van der Waals surface area contributed by atoms with Crippen LogP contribution in [0.1, 0.15) is 6.92 Å². The van der Waals surface area contributed by atoms with Crippen molar-refractivity contribution >= 4 is 11.7 Å². The van der Waals surface area contributed by atoms with Gasteiger partial charge in [0.2, 0.25) is 0 Å². The van der Waals surface area contributed by atoms with Gasteiger partial charge in [-0.3, -0.25) is 9.36 Å². The number of nitrogen functional groups attached to an aromatic ring is 1. The second kappa shape index (κ2) is 3.36. The number of nitrogens with zero attached hydrogens (tertiary/aromatic N) is 2. The Morgan fingerprint density at radius 3 is 2.50 bits per heavy atom. The zero-order valence-corrected chi connectivity index (χ0v) is 7.56. The molecule has 76 valence electrons. The highest BCUT2D eigenvalue weighted by atomic mass is 16.2. The summed E-state index contributed by atoms with van der Waals surface area (Å²) in [5, 5.41) is 0. The van der Waals surface area contributed by atoms with Crippen molar-refractivity contribution in [1.29, 1.82) is 0 Å². The van der Waals surface area contributed by atoms with Gasteiger partial charge in [-0.15, -0.1) is 0 Å². The number of hydrogen-bond acceptors (Lipinski definition) is 4. The second-order valence-electron chi connectivity index (χ2n) is 2.62. The first kappa shape index (κ1) is 10.0. The number of carbonyl (C=O) groups is 1. The zero-order chi connectivity index (χ0) is 10.9. The molecule has 0 aliphatic carbocycles. The molecule has 0 unspecified atom stereocenters. The van der Waals surface area contributed by atoms with E-state index in [1.54, 1.807) is 6.92 Å². The summed E-state index contributed by atoms with van der Waals surface area (Å²) in [7, 11) is 0. The standard InChI is InChI=1S/C7H10N4O3/c1-2-10-5(12)4(8)3-11(6(9)13)7(10)14/h3H,2,8H2,1H3,(H2,9,13). The predicted octanol–water partition coefficient (Wildman–Crippen LogP) is -1.46. The maximum atomic E-state index is 11.4. The summed E-state index contributed by atoms with van der Waals surface area (Å²) in [5.74, 6) is 0. The van der Waals surface area contributed by atoms with Crippen LogP contribution in [0.25, 0.3) is 0 Å². The largest absolute Gasteiger partial charge is 0.393 e. The van der Waals surface area contributed by atoms with Gasteiger partial charge in [-0.1, -0.05) is 0 Å². The second-order valence-corrected chi connectivity index (χ2v) is 2.62. The van der Waals surface area contributed by atoms with Crippen LogP contribution in [0.2, 0.25) is 0 Å². The van der Waals surface area contributed by atoms with E-state index in [-0.39, 0.29) is 12.2 Å². The average molecular weight is 198 g/mol. The van der Waals surface area contributed by atoms with E-state index in [4.69, 9.17) is 11.5 Å². The predicted molar refractivity (Wildman–Crippen MR) is 50.0 cm³/mol. The molecule has 1 amide bonds. The lowest BCUT2D eigenvalue weighted by Gasteiger charge is -2.05. The minimum atomic E-state index is -0.969. The lowest BCUT2D eigenvalue weighted by atomic mass is 10.5. The van der Waals surface area contributed by atoms with Gasteiger partial charge >= 0.3 is 11.7 Å². The van der Waals surface area contributed by atoms with E-state index < -0.39 is 17.3 Å². The van der Waals surface area contributed by atoms with Crippen LogP contribution in [0, 0.1) is 0 Å². The van der Waals surface area contributed by atoms with Crippen molar-refractivity contribution in [2.24, 2.45) is 5.73 Å². The number of rotatable bonds is 1.